The zero-order valence-electron chi connectivity index (χ0n) is 16.8. The smallest absolute Gasteiger partial charge is 0.258 e. The first-order valence-corrected chi connectivity index (χ1v) is 10.4. The van der Waals surface area contributed by atoms with Crippen LogP contribution in [-0.2, 0) is 4.79 Å². The van der Waals surface area contributed by atoms with Crippen LogP contribution >= 0.6 is 0 Å². The zero-order chi connectivity index (χ0) is 20.8. The van der Waals surface area contributed by atoms with Gasteiger partial charge in [-0.2, -0.15) is 5.10 Å². The van der Waals surface area contributed by atoms with E-state index in [0.29, 0.717) is 16.9 Å². The highest BCUT2D eigenvalue weighted by molar-refractivity contribution is 6.10. The van der Waals surface area contributed by atoms with Crippen LogP contribution in [0.4, 0.5) is 0 Å². The van der Waals surface area contributed by atoms with Gasteiger partial charge in [0, 0.05) is 12.2 Å². The van der Waals surface area contributed by atoms with Crippen molar-refractivity contribution < 1.29 is 14.3 Å². The van der Waals surface area contributed by atoms with Crippen LogP contribution in [0.5, 0.6) is 5.75 Å². The lowest BCUT2D eigenvalue weighted by atomic mass is 9.95. The molecule has 3 aromatic rings. The second-order valence-electron chi connectivity index (χ2n) is 7.53. The number of amides is 1. The van der Waals surface area contributed by atoms with E-state index in [1.807, 2.05) is 30.3 Å². The Bertz CT molecular complexity index is 1010. The zero-order valence-corrected chi connectivity index (χ0v) is 16.8. The highest BCUT2D eigenvalue weighted by atomic mass is 16.5. The molecule has 0 radical (unpaired) electrons. The molecular weight excluding hydrogens is 378 g/mol. The Labute approximate surface area is 175 Å². The van der Waals surface area contributed by atoms with Crippen molar-refractivity contribution in [1.29, 1.82) is 0 Å². The number of hydrogen-bond donors (Lipinski definition) is 1. The summed E-state index contributed by atoms with van der Waals surface area (Å²) in [5.41, 5.74) is 1.75. The van der Waals surface area contributed by atoms with E-state index >= 15 is 0 Å². The second kappa shape index (κ2) is 9.39. The highest BCUT2D eigenvalue weighted by Gasteiger charge is 2.19. The molecular formula is C24H25N3O3. The maximum Gasteiger partial charge on any atom is 0.258 e. The van der Waals surface area contributed by atoms with Crippen LogP contribution in [0.3, 0.4) is 0 Å². The molecule has 1 aromatic heterocycles. The van der Waals surface area contributed by atoms with Gasteiger partial charge < -0.3 is 10.1 Å². The molecule has 6 nitrogen and oxygen atoms in total. The van der Waals surface area contributed by atoms with Crippen molar-refractivity contribution >= 4 is 11.7 Å². The summed E-state index contributed by atoms with van der Waals surface area (Å²) in [5, 5.41) is 7.32. The lowest BCUT2D eigenvalue weighted by Crippen LogP contribution is -2.39. The van der Waals surface area contributed by atoms with E-state index in [9.17, 15) is 9.59 Å². The molecule has 30 heavy (non-hydrogen) atoms. The van der Waals surface area contributed by atoms with E-state index in [1.165, 1.54) is 6.42 Å². The summed E-state index contributed by atoms with van der Waals surface area (Å²) >= 11 is 0. The molecule has 0 spiro atoms. The molecule has 154 valence electrons. The molecule has 1 saturated carbocycles. The molecule has 1 N–H and O–H groups in total. The van der Waals surface area contributed by atoms with Crippen molar-refractivity contribution in [2.75, 3.05) is 6.61 Å². The Balaban J connectivity index is 1.43. The van der Waals surface area contributed by atoms with E-state index in [2.05, 4.69) is 10.4 Å². The molecule has 0 saturated heterocycles. The minimum atomic E-state index is -0.194. The van der Waals surface area contributed by atoms with Gasteiger partial charge in [-0.3, -0.25) is 9.59 Å². The predicted octanol–water partition coefficient (Wildman–Crippen LogP) is 3.93. The van der Waals surface area contributed by atoms with E-state index in [4.69, 9.17) is 4.74 Å². The van der Waals surface area contributed by atoms with Gasteiger partial charge in [0.15, 0.2) is 12.4 Å². The number of ketones is 1. The summed E-state index contributed by atoms with van der Waals surface area (Å²) in [6.07, 6.45) is 8.82. The van der Waals surface area contributed by atoms with Crippen LogP contribution in [0.1, 0.15) is 48.0 Å². The molecule has 1 aliphatic carbocycles. The summed E-state index contributed by atoms with van der Waals surface area (Å²) in [4.78, 5) is 25.3. The summed E-state index contributed by atoms with van der Waals surface area (Å²) in [7, 11) is 0. The molecule has 1 aliphatic rings. The molecule has 2 aromatic carbocycles. The summed E-state index contributed by atoms with van der Waals surface area (Å²) in [5.74, 6) is 0.0512. The van der Waals surface area contributed by atoms with Gasteiger partial charge in [-0.1, -0.05) is 49.6 Å². The first-order valence-electron chi connectivity index (χ1n) is 10.4. The molecule has 1 amide bonds. The minimum Gasteiger partial charge on any atom is -0.483 e. The van der Waals surface area contributed by atoms with Crippen LogP contribution in [-0.4, -0.2) is 34.1 Å². The van der Waals surface area contributed by atoms with Gasteiger partial charge in [0.05, 0.1) is 23.0 Å². The van der Waals surface area contributed by atoms with Gasteiger partial charge >= 0.3 is 0 Å². The number of carbonyl (C=O) groups excluding carboxylic acids is 2. The SMILES string of the molecule is O=C(COc1ccccc1C(=O)c1cnn(-c2ccccc2)c1)NC1CCCCC1. The number of rotatable bonds is 7. The Morgan fingerprint density at radius 3 is 2.53 bits per heavy atom. The van der Waals surface area contributed by atoms with E-state index < -0.39 is 0 Å². The molecule has 1 heterocycles. The van der Waals surface area contributed by atoms with Crippen molar-refractivity contribution in [3.8, 4) is 11.4 Å². The Morgan fingerprint density at radius 2 is 1.73 bits per heavy atom. The standard InChI is InChI=1S/C24H25N3O3/c28-23(26-19-9-3-1-4-10-19)17-30-22-14-8-7-13-21(22)24(29)18-15-25-27(16-18)20-11-5-2-6-12-20/h2,5-8,11-16,19H,1,3-4,9-10,17H2,(H,26,28). The first-order chi connectivity index (χ1) is 14.7. The van der Waals surface area contributed by atoms with Crippen molar-refractivity contribution in [3.05, 3.63) is 78.1 Å². The fourth-order valence-electron chi connectivity index (χ4n) is 3.76. The van der Waals surface area contributed by atoms with Crippen LogP contribution in [0.15, 0.2) is 67.0 Å². The largest absolute Gasteiger partial charge is 0.483 e. The fraction of sp³-hybridized carbons (Fsp3) is 0.292. The van der Waals surface area contributed by atoms with Crippen molar-refractivity contribution in [1.82, 2.24) is 15.1 Å². The maximum atomic E-state index is 13.0. The second-order valence-corrected chi connectivity index (χ2v) is 7.53. The third-order valence-corrected chi connectivity index (χ3v) is 5.33. The number of carbonyl (C=O) groups is 2. The number of nitrogens with one attached hydrogen (secondary N) is 1. The molecule has 1 fully saturated rings. The van der Waals surface area contributed by atoms with Crippen molar-refractivity contribution in [2.45, 2.75) is 38.1 Å². The Kier molecular flexibility index (Phi) is 6.23. The molecule has 0 bridgehead atoms. The normalized spacial score (nSPS) is 14.3. The number of hydrogen-bond acceptors (Lipinski definition) is 4. The number of aromatic nitrogens is 2. The van der Waals surface area contributed by atoms with Gasteiger partial charge in [0.25, 0.3) is 5.91 Å². The van der Waals surface area contributed by atoms with Gasteiger partial charge in [-0.25, -0.2) is 4.68 Å². The topological polar surface area (TPSA) is 73.2 Å². The lowest BCUT2D eigenvalue weighted by molar-refractivity contribution is -0.124. The molecule has 0 aliphatic heterocycles. The van der Waals surface area contributed by atoms with Crippen molar-refractivity contribution in [2.24, 2.45) is 0 Å². The maximum absolute atomic E-state index is 13.0. The third kappa shape index (κ3) is 4.76. The van der Waals surface area contributed by atoms with Gasteiger partial charge in [-0.05, 0) is 37.1 Å². The van der Waals surface area contributed by atoms with Gasteiger partial charge in [0.2, 0.25) is 0 Å². The number of benzene rings is 2. The lowest BCUT2D eigenvalue weighted by Gasteiger charge is -2.22. The highest BCUT2D eigenvalue weighted by Crippen LogP contribution is 2.22. The van der Waals surface area contributed by atoms with Crippen molar-refractivity contribution in [3.63, 3.8) is 0 Å². The molecule has 0 atom stereocenters. The number of nitrogens with zero attached hydrogens (tertiary/aromatic N) is 2. The summed E-state index contributed by atoms with van der Waals surface area (Å²) in [6.45, 7) is -0.107. The summed E-state index contributed by atoms with van der Waals surface area (Å²) in [6, 6.07) is 16.8. The van der Waals surface area contributed by atoms with E-state index in [0.717, 1.165) is 31.4 Å². The van der Waals surface area contributed by atoms with E-state index in [-0.39, 0.29) is 24.3 Å². The molecule has 0 unspecified atom stereocenters. The number of ether oxygens (including phenoxy) is 1. The first kappa shape index (κ1) is 19.9. The van der Waals surface area contributed by atoms with Crippen LogP contribution in [0.2, 0.25) is 0 Å². The molecule has 4 rings (SSSR count). The Morgan fingerprint density at radius 1 is 1.00 bits per heavy atom. The average Bonchev–Trinajstić information content (AvgIpc) is 3.29. The molecule has 6 heteroatoms. The summed E-state index contributed by atoms with van der Waals surface area (Å²) < 4.78 is 7.38. The van der Waals surface area contributed by atoms with Gasteiger partial charge in [0.1, 0.15) is 5.75 Å². The predicted molar refractivity (Wildman–Crippen MR) is 114 cm³/mol. The minimum absolute atomic E-state index is 0.107. The van der Waals surface area contributed by atoms with Crippen LogP contribution < -0.4 is 10.1 Å². The van der Waals surface area contributed by atoms with E-state index in [1.54, 1.807) is 41.3 Å². The number of para-hydroxylation sites is 2. The van der Waals surface area contributed by atoms with Crippen LogP contribution in [0, 0.1) is 0 Å². The monoisotopic (exact) mass is 403 g/mol. The van der Waals surface area contributed by atoms with Crippen LogP contribution in [0.25, 0.3) is 5.69 Å². The average molecular weight is 403 g/mol. The third-order valence-electron chi connectivity index (χ3n) is 5.33. The van der Waals surface area contributed by atoms with Gasteiger partial charge in [-0.15, -0.1) is 0 Å². The quantitative estimate of drug-likeness (QED) is 0.607. The fourth-order valence-corrected chi connectivity index (χ4v) is 3.76. The Hall–Kier alpha value is -3.41.